The molecule has 5 nitrogen and oxygen atoms in total. The summed E-state index contributed by atoms with van der Waals surface area (Å²) in [6.07, 6.45) is 4.90. The van der Waals surface area contributed by atoms with Crippen molar-refractivity contribution in [2.45, 2.75) is 6.92 Å². The lowest BCUT2D eigenvalue weighted by molar-refractivity contribution is 0.102. The number of carbonyl (C=O) groups excluding carboxylic acids is 1. The van der Waals surface area contributed by atoms with Crippen molar-refractivity contribution in [2.75, 3.05) is 5.32 Å². The predicted octanol–water partition coefficient (Wildman–Crippen LogP) is 5.42. The fraction of sp³-hybridized carbons (Fsp3) is 0.0435. The van der Waals surface area contributed by atoms with Gasteiger partial charge in [0.25, 0.3) is 5.91 Å². The summed E-state index contributed by atoms with van der Waals surface area (Å²) in [6, 6.07) is 18.5. The first-order valence-corrected chi connectivity index (χ1v) is 9.39. The molecule has 0 radical (unpaired) electrons. The number of hydrogen-bond acceptors (Lipinski definition) is 4. The number of amides is 1. The Morgan fingerprint density at radius 1 is 0.897 bits per heavy atom. The molecular weight excluding hydrogens is 384 g/mol. The van der Waals surface area contributed by atoms with E-state index in [0.29, 0.717) is 27.8 Å². The van der Waals surface area contributed by atoms with Gasteiger partial charge in [0.05, 0.1) is 11.3 Å². The molecule has 0 atom stereocenters. The Kier molecular flexibility index (Phi) is 5.31. The molecule has 4 aromatic rings. The predicted molar refractivity (Wildman–Crippen MR) is 115 cm³/mol. The number of aryl methyl sites for hydroxylation is 1. The Hall–Kier alpha value is -3.57. The van der Waals surface area contributed by atoms with Gasteiger partial charge in [-0.25, -0.2) is 9.97 Å². The summed E-state index contributed by atoms with van der Waals surface area (Å²) in [6.45, 7) is 2.03. The monoisotopic (exact) mass is 400 g/mol. The molecule has 0 aliphatic rings. The average Bonchev–Trinajstić information content (AvgIpc) is 2.76. The van der Waals surface area contributed by atoms with E-state index in [0.717, 1.165) is 16.7 Å². The van der Waals surface area contributed by atoms with Gasteiger partial charge in [-0.2, -0.15) is 0 Å². The van der Waals surface area contributed by atoms with E-state index in [9.17, 15) is 4.79 Å². The number of benzene rings is 2. The van der Waals surface area contributed by atoms with E-state index in [1.807, 2.05) is 43.3 Å². The molecule has 0 aliphatic heterocycles. The van der Waals surface area contributed by atoms with E-state index in [4.69, 9.17) is 16.6 Å². The molecule has 2 aromatic carbocycles. The molecule has 6 heteroatoms. The molecular formula is C23H17ClN4O. The molecule has 2 aromatic heterocycles. The molecule has 0 unspecified atom stereocenters. The Morgan fingerprint density at radius 3 is 2.28 bits per heavy atom. The maximum absolute atomic E-state index is 12.9. The van der Waals surface area contributed by atoms with E-state index >= 15 is 0 Å². The highest BCUT2D eigenvalue weighted by atomic mass is 35.5. The van der Waals surface area contributed by atoms with Gasteiger partial charge in [0.15, 0.2) is 5.82 Å². The number of carbonyl (C=O) groups is 1. The summed E-state index contributed by atoms with van der Waals surface area (Å²) in [5, 5.41) is 3.47. The smallest absolute Gasteiger partial charge is 0.259 e. The van der Waals surface area contributed by atoms with Gasteiger partial charge in [-0.3, -0.25) is 9.78 Å². The molecule has 0 bridgehead atoms. The molecule has 0 aliphatic carbocycles. The van der Waals surface area contributed by atoms with Gasteiger partial charge in [0, 0.05) is 40.4 Å². The summed E-state index contributed by atoms with van der Waals surface area (Å²) in [4.78, 5) is 26.1. The molecule has 0 fully saturated rings. The number of aromatic nitrogens is 3. The third kappa shape index (κ3) is 4.31. The van der Waals surface area contributed by atoms with Crippen LogP contribution in [0.2, 0.25) is 5.02 Å². The molecule has 1 N–H and O–H groups in total. The fourth-order valence-electron chi connectivity index (χ4n) is 2.85. The first kappa shape index (κ1) is 18.8. The maximum atomic E-state index is 12.9. The first-order valence-electron chi connectivity index (χ1n) is 9.01. The Balaban J connectivity index is 1.75. The highest BCUT2D eigenvalue weighted by Crippen LogP contribution is 2.25. The van der Waals surface area contributed by atoms with Gasteiger partial charge in [-0.05, 0) is 43.3 Å². The van der Waals surface area contributed by atoms with Crippen molar-refractivity contribution in [3.8, 4) is 22.6 Å². The first-order chi connectivity index (χ1) is 14.1. The lowest BCUT2D eigenvalue weighted by Gasteiger charge is -2.11. The van der Waals surface area contributed by atoms with Gasteiger partial charge in [0.1, 0.15) is 0 Å². The molecule has 142 valence electrons. The average molecular weight is 401 g/mol. The number of pyridine rings is 1. The molecule has 1 amide bonds. The molecule has 29 heavy (non-hydrogen) atoms. The SMILES string of the molecule is Cc1ccc(-c2ncc(C(=O)Nc3ccc(Cl)cc3)c(-c3ccncc3)n2)cc1. The van der Waals surface area contributed by atoms with E-state index in [1.54, 1.807) is 42.9 Å². The van der Waals surface area contributed by atoms with Gasteiger partial charge in [0.2, 0.25) is 0 Å². The van der Waals surface area contributed by atoms with Crippen LogP contribution < -0.4 is 5.32 Å². The summed E-state index contributed by atoms with van der Waals surface area (Å²) in [5.41, 5.74) is 4.39. The number of anilines is 1. The summed E-state index contributed by atoms with van der Waals surface area (Å²) in [7, 11) is 0. The zero-order chi connectivity index (χ0) is 20.2. The van der Waals surface area contributed by atoms with Crippen LogP contribution in [0.5, 0.6) is 0 Å². The number of nitrogens with one attached hydrogen (secondary N) is 1. The number of rotatable bonds is 4. The largest absolute Gasteiger partial charge is 0.322 e. The minimum atomic E-state index is -0.297. The van der Waals surface area contributed by atoms with Gasteiger partial charge in [-0.15, -0.1) is 0 Å². The van der Waals surface area contributed by atoms with Crippen LogP contribution in [0, 0.1) is 6.92 Å². The van der Waals surface area contributed by atoms with Gasteiger partial charge >= 0.3 is 0 Å². The van der Waals surface area contributed by atoms with Crippen LogP contribution in [-0.2, 0) is 0 Å². The number of halogens is 1. The maximum Gasteiger partial charge on any atom is 0.259 e. The zero-order valence-corrected chi connectivity index (χ0v) is 16.4. The van der Waals surface area contributed by atoms with Gasteiger partial charge in [-0.1, -0.05) is 41.4 Å². The van der Waals surface area contributed by atoms with Crippen LogP contribution in [0.1, 0.15) is 15.9 Å². The van der Waals surface area contributed by atoms with Crippen molar-refractivity contribution in [1.82, 2.24) is 15.0 Å². The standard InChI is InChI=1S/C23H17ClN4O/c1-15-2-4-17(5-3-15)22-26-14-20(21(28-22)16-10-12-25-13-11-16)23(29)27-19-8-6-18(24)7-9-19/h2-14H,1H3,(H,27,29). The van der Waals surface area contributed by atoms with E-state index in [2.05, 4.69) is 15.3 Å². The zero-order valence-electron chi connectivity index (χ0n) is 15.6. The van der Waals surface area contributed by atoms with Crippen LogP contribution >= 0.6 is 11.6 Å². The Bertz CT molecular complexity index is 1140. The van der Waals surface area contributed by atoms with Crippen LogP contribution in [0.4, 0.5) is 5.69 Å². The topological polar surface area (TPSA) is 67.8 Å². The van der Waals surface area contributed by atoms with Crippen LogP contribution in [-0.4, -0.2) is 20.9 Å². The van der Waals surface area contributed by atoms with Crippen molar-refractivity contribution in [3.63, 3.8) is 0 Å². The minimum absolute atomic E-state index is 0.297. The van der Waals surface area contributed by atoms with Crippen molar-refractivity contribution in [1.29, 1.82) is 0 Å². The van der Waals surface area contributed by atoms with E-state index in [1.165, 1.54) is 0 Å². The quantitative estimate of drug-likeness (QED) is 0.496. The lowest BCUT2D eigenvalue weighted by Crippen LogP contribution is -2.15. The van der Waals surface area contributed by atoms with Crippen LogP contribution in [0.3, 0.4) is 0 Å². The highest BCUT2D eigenvalue weighted by Gasteiger charge is 2.17. The molecule has 0 saturated carbocycles. The van der Waals surface area contributed by atoms with Crippen LogP contribution in [0.25, 0.3) is 22.6 Å². The third-order valence-electron chi connectivity index (χ3n) is 4.40. The van der Waals surface area contributed by atoms with Gasteiger partial charge < -0.3 is 5.32 Å². The molecule has 0 saturated heterocycles. The van der Waals surface area contributed by atoms with E-state index in [-0.39, 0.29) is 5.91 Å². The molecule has 4 rings (SSSR count). The third-order valence-corrected chi connectivity index (χ3v) is 4.65. The summed E-state index contributed by atoms with van der Waals surface area (Å²) in [5.74, 6) is 0.259. The van der Waals surface area contributed by atoms with E-state index < -0.39 is 0 Å². The van der Waals surface area contributed by atoms with Crippen molar-refractivity contribution in [3.05, 3.63) is 95.4 Å². The second kappa shape index (κ2) is 8.20. The van der Waals surface area contributed by atoms with Crippen molar-refractivity contribution >= 4 is 23.2 Å². The fourth-order valence-corrected chi connectivity index (χ4v) is 2.98. The van der Waals surface area contributed by atoms with Crippen molar-refractivity contribution in [2.24, 2.45) is 0 Å². The Labute approximate surface area is 173 Å². The normalized spacial score (nSPS) is 10.6. The second-order valence-electron chi connectivity index (χ2n) is 6.52. The number of hydrogen-bond donors (Lipinski definition) is 1. The second-order valence-corrected chi connectivity index (χ2v) is 6.96. The lowest BCUT2D eigenvalue weighted by atomic mass is 10.1. The minimum Gasteiger partial charge on any atom is -0.322 e. The Morgan fingerprint density at radius 2 is 1.59 bits per heavy atom. The molecule has 2 heterocycles. The highest BCUT2D eigenvalue weighted by molar-refractivity contribution is 6.30. The van der Waals surface area contributed by atoms with Crippen LogP contribution in [0.15, 0.2) is 79.3 Å². The summed E-state index contributed by atoms with van der Waals surface area (Å²) < 4.78 is 0. The molecule has 0 spiro atoms. The number of nitrogens with zero attached hydrogens (tertiary/aromatic N) is 3. The van der Waals surface area contributed by atoms with Crippen molar-refractivity contribution < 1.29 is 4.79 Å². The summed E-state index contributed by atoms with van der Waals surface area (Å²) >= 11 is 5.92.